The van der Waals surface area contributed by atoms with Crippen LogP contribution in [-0.2, 0) is 0 Å². The maximum Gasteiger partial charge on any atom is 0.0365 e. The summed E-state index contributed by atoms with van der Waals surface area (Å²) in [7, 11) is 2.12. The van der Waals surface area contributed by atoms with Crippen LogP contribution in [-0.4, -0.2) is 38.1 Å². The smallest absolute Gasteiger partial charge is 0.0365 e. The Bertz CT molecular complexity index is 291. The second-order valence-corrected chi connectivity index (χ2v) is 4.04. The Morgan fingerprint density at radius 2 is 1.56 bits per heavy atom. The Balaban J connectivity index is 2.46. The molecule has 0 aliphatic rings. The minimum absolute atomic E-state index is 0.820. The van der Waals surface area contributed by atoms with Gasteiger partial charge in [-0.1, -0.05) is 13.8 Å². The van der Waals surface area contributed by atoms with Gasteiger partial charge >= 0.3 is 0 Å². The first-order valence-electron chi connectivity index (χ1n) is 5.96. The first-order chi connectivity index (χ1) is 7.67. The van der Waals surface area contributed by atoms with Crippen molar-refractivity contribution in [3.8, 4) is 0 Å². The van der Waals surface area contributed by atoms with Gasteiger partial charge in [-0.15, -0.1) is 0 Å². The molecule has 0 saturated carbocycles. The molecule has 0 unspecified atom stereocenters. The molecule has 0 radical (unpaired) electrons. The standard InChI is InChI=1S/C13H23N3/c1-4-16(5-2)11-10-15(3)13-8-6-12(14)7-9-13/h6-9H,4-5,10-11,14H2,1-3H3. The number of likely N-dealkylation sites (N-methyl/N-ethyl adjacent to an activating group) is 2. The van der Waals surface area contributed by atoms with E-state index < -0.39 is 0 Å². The van der Waals surface area contributed by atoms with Crippen LogP contribution in [0.5, 0.6) is 0 Å². The van der Waals surface area contributed by atoms with Crippen LogP contribution in [0.25, 0.3) is 0 Å². The first-order valence-corrected chi connectivity index (χ1v) is 5.96. The van der Waals surface area contributed by atoms with Crippen molar-refractivity contribution >= 4 is 11.4 Å². The quantitative estimate of drug-likeness (QED) is 0.746. The summed E-state index contributed by atoms with van der Waals surface area (Å²) in [4.78, 5) is 4.69. The van der Waals surface area contributed by atoms with Crippen molar-refractivity contribution in [3.05, 3.63) is 24.3 Å². The van der Waals surface area contributed by atoms with Crippen LogP contribution in [0.1, 0.15) is 13.8 Å². The lowest BCUT2D eigenvalue weighted by atomic mass is 10.2. The topological polar surface area (TPSA) is 32.5 Å². The fourth-order valence-electron chi connectivity index (χ4n) is 1.69. The zero-order valence-corrected chi connectivity index (χ0v) is 10.6. The van der Waals surface area contributed by atoms with Gasteiger partial charge in [-0.3, -0.25) is 0 Å². The molecule has 0 fully saturated rings. The van der Waals surface area contributed by atoms with Crippen molar-refractivity contribution in [1.29, 1.82) is 0 Å². The molecule has 0 saturated heterocycles. The summed E-state index contributed by atoms with van der Waals surface area (Å²) in [6, 6.07) is 8.03. The van der Waals surface area contributed by atoms with Crippen LogP contribution >= 0.6 is 0 Å². The molecule has 0 aromatic heterocycles. The summed E-state index contributed by atoms with van der Waals surface area (Å²) >= 11 is 0. The van der Waals surface area contributed by atoms with E-state index in [9.17, 15) is 0 Å². The average molecular weight is 221 g/mol. The Hall–Kier alpha value is -1.22. The van der Waals surface area contributed by atoms with Gasteiger partial charge in [0.05, 0.1) is 0 Å². The minimum Gasteiger partial charge on any atom is -0.399 e. The summed E-state index contributed by atoms with van der Waals surface area (Å²) in [5, 5.41) is 0. The van der Waals surface area contributed by atoms with Crippen molar-refractivity contribution < 1.29 is 0 Å². The predicted molar refractivity (Wildman–Crippen MR) is 71.9 cm³/mol. The number of anilines is 2. The van der Waals surface area contributed by atoms with Crippen molar-refractivity contribution in [1.82, 2.24) is 4.90 Å². The monoisotopic (exact) mass is 221 g/mol. The van der Waals surface area contributed by atoms with Crippen LogP contribution in [0, 0.1) is 0 Å². The number of hydrogen-bond acceptors (Lipinski definition) is 3. The Labute approximate surface area is 98.8 Å². The van der Waals surface area contributed by atoms with Crippen LogP contribution in [0.2, 0.25) is 0 Å². The summed E-state index contributed by atoms with van der Waals surface area (Å²) in [6.45, 7) is 8.79. The van der Waals surface area contributed by atoms with E-state index in [0.29, 0.717) is 0 Å². The molecule has 0 atom stereocenters. The van der Waals surface area contributed by atoms with Crippen molar-refractivity contribution in [3.63, 3.8) is 0 Å². The lowest BCUT2D eigenvalue weighted by Crippen LogP contribution is -2.33. The highest BCUT2D eigenvalue weighted by atomic mass is 15.2. The van der Waals surface area contributed by atoms with E-state index in [2.05, 4.69) is 42.8 Å². The maximum absolute atomic E-state index is 5.67. The summed E-state index contributed by atoms with van der Waals surface area (Å²) in [6.07, 6.45) is 0. The molecular formula is C13H23N3. The maximum atomic E-state index is 5.67. The SMILES string of the molecule is CCN(CC)CCN(C)c1ccc(N)cc1. The molecule has 0 heterocycles. The zero-order chi connectivity index (χ0) is 12.0. The van der Waals surface area contributed by atoms with Crippen molar-refractivity contribution in [2.75, 3.05) is 43.9 Å². The molecular weight excluding hydrogens is 198 g/mol. The number of nitrogen functional groups attached to an aromatic ring is 1. The third kappa shape index (κ3) is 3.74. The van der Waals surface area contributed by atoms with Crippen LogP contribution in [0.3, 0.4) is 0 Å². The van der Waals surface area contributed by atoms with Gasteiger partial charge in [0.25, 0.3) is 0 Å². The molecule has 3 nitrogen and oxygen atoms in total. The molecule has 0 bridgehead atoms. The lowest BCUT2D eigenvalue weighted by molar-refractivity contribution is 0.311. The fourth-order valence-corrected chi connectivity index (χ4v) is 1.69. The van der Waals surface area contributed by atoms with Gasteiger partial charge in [0.1, 0.15) is 0 Å². The van der Waals surface area contributed by atoms with Gasteiger partial charge in [0.2, 0.25) is 0 Å². The van der Waals surface area contributed by atoms with Crippen LogP contribution in [0.4, 0.5) is 11.4 Å². The molecule has 0 spiro atoms. The van der Waals surface area contributed by atoms with E-state index >= 15 is 0 Å². The van der Waals surface area contributed by atoms with Gasteiger partial charge in [0.15, 0.2) is 0 Å². The van der Waals surface area contributed by atoms with E-state index in [-0.39, 0.29) is 0 Å². The third-order valence-corrected chi connectivity index (χ3v) is 2.98. The molecule has 2 N–H and O–H groups in total. The third-order valence-electron chi connectivity index (χ3n) is 2.98. The summed E-state index contributed by atoms with van der Waals surface area (Å²) < 4.78 is 0. The Kier molecular flexibility index (Phi) is 5.12. The number of nitrogens with zero attached hydrogens (tertiary/aromatic N) is 2. The van der Waals surface area contributed by atoms with Crippen molar-refractivity contribution in [2.45, 2.75) is 13.8 Å². The second kappa shape index (κ2) is 6.38. The van der Waals surface area contributed by atoms with E-state index in [0.717, 1.165) is 31.9 Å². The first kappa shape index (κ1) is 12.8. The summed E-state index contributed by atoms with van der Waals surface area (Å²) in [5.41, 5.74) is 7.71. The Morgan fingerprint density at radius 1 is 1.00 bits per heavy atom. The van der Waals surface area contributed by atoms with Gasteiger partial charge in [-0.2, -0.15) is 0 Å². The van der Waals surface area contributed by atoms with Gasteiger partial charge in [0, 0.05) is 31.5 Å². The highest BCUT2D eigenvalue weighted by molar-refractivity contribution is 5.52. The fraction of sp³-hybridized carbons (Fsp3) is 0.538. The number of rotatable bonds is 6. The zero-order valence-electron chi connectivity index (χ0n) is 10.6. The molecule has 1 aromatic rings. The highest BCUT2D eigenvalue weighted by Gasteiger charge is 2.03. The normalized spacial score (nSPS) is 10.8. The molecule has 1 rings (SSSR count). The molecule has 3 heteroatoms. The minimum atomic E-state index is 0.820. The van der Waals surface area contributed by atoms with Crippen molar-refractivity contribution in [2.24, 2.45) is 0 Å². The van der Waals surface area contributed by atoms with E-state index in [1.54, 1.807) is 0 Å². The van der Waals surface area contributed by atoms with E-state index in [4.69, 9.17) is 5.73 Å². The van der Waals surface area contributed by atoms with Gasteiger partial charge in [-0.25, -0.2) is 0 Å². The van der Waals surface area contributed by atoms with E-state index in [1.165, 1.54) is 5.69 Å². The van der Waals surface area contributed by atoms with Gasteiger partial charge in [-0.05, 0) is 37.4 Å². The summed E-state index contributed by atoms with van der Waals surface area (Å²) in [5.74, 6) is 0. The van der Waals surface area contributed by atoms with E-state index in [1.807, 2.05) is 12.1 Å². The molecule has 16 heavy (non-hydrogen) atoms. The van der Waals surface area contributed by atoms with Gasteiger partial charge < -0.3 is 15.5 Å². The average Bonchev–Trinajstić information content (AvgIpc) is 2.31. The molecule has 90 valence electrons. The van der Waals surface area contributed by atoms with Crippen LogP contribution in [0.15, 0.2) is 24.3 Å². The molecule has 0 amide bonds. The number of nitrogens with two attached hydrogens (primary N) is 1. The number of benzene rings is 1. The molecule has 1 aromatic carbocycles. The molecule has 0 aliphatic heterocycles. The number of hydrogen-bond donors (Lipinski definition) is 1. The predicted octanol–water partition coefficient (Wildman–Crippen LogP) is 2.05. The lowest BCUT2D eigenvalue weighted by Gasteiger charge is -2.24. The van der Waals surface area contributed by atoms with Crippen LogP contribution < -0.4 is 10.6 Å². The Morgan fingerprint density at radius 3 is 2.06 bits per heavy atom. The second-order valence-electron chi connectivity index (χ2n) is 4.04. The largest absolute Gasteiger partial charge is 0.399 e. The molecule has 0 aliphatic carbocycles. The highest BCUT2D eigenvalue weighted by Crippen LogP contribution is 2.14.